The van der Waals surface area contributed by atoms with Crippen LogP contribution < -0.4 is 5.32 Å². The minimum atomic E-state index is -1.08. The third-order valence-corrected chi connectivity index (χ3v) is 5.24. The molecule has 0 atom stereocenters. The largest absolute Gasteiger partial charge is 0.348 e. The first-order valence-electron chi connectivity index (χ1n) is 9.53. The predicted molar refractivity (Wildman–Crippen MR) is 107 cm³/mol. The number of aromatic amines is 1. The number of amides is 1. The van der Waals surface area contributed by atoms with Crippen LogP contribution in [0.4, 0.5) is 0 Å². The van der Waals surface area contributed by atoms with E-state index in [2.05, 4.69) is 15.3 Å². The molecule has 0 radical (unpaired) electrons. The molecule has 0 saturated carbocycles. The highest BCUT2D eigenvalue weighted by atomic mass is 16.2. The van der Waals surface area contributed by atoms with Crippen LogP contribution in [-0.4, -0.2) is 38.8 Å². The van der Waals surface area contributed by atoms with E-state index < -0.39 is 16.4 Å². The minimum absolute atomic E-state index is 0.00630. The van der Waals surface area contributed by atoms with Crippen LogP contribution in [0.2, 0.25) is 0 Å². The number of hydrogen-bond donors (Lipinski definition) is 2. The third kappa shape index (κ3) is 6.69. The van der Waals surface area contributed by atoms with Crippen LogP contribution in [0.25, 0.3) is 0 Å². The average molecular weight is 392 g/mol. The van der Waals surface area contributed by atoms with Gasteiger partial charge in [-0.2, -0.15) is 0 Å². The molecule has 7 heteroatoms. The summed E-state index contributed by atoms with van der Waals surface area (Å²) in [7, 11) is 0. The third-order valence-electron chi connectivity index (χ3n) is 5.24. The number of carbonyl (C=O) groups excluding carboxylic acids is 4. The van der Waals surface area contributed by atoms with Crippen LogP contribution in [-0.2, 0) is 25.6 Å². The molecule has 1 heterocycles. The second kappa shape index (κ2) is 8.80. The van der Waals surface area contributed by atoms with E-state index in [-0.39, 0.29) is 42.5 Å². The molecular formula is C21H33N3O4. The molecule has 0 saturated heterocycles. The maximum Gasteiger partial charge on any atom is 0.221 e. The number of H-pyrrole nitrogens is 1. The molecular weight excluding hydrogens is 358 g/mol. The van der Waals surface area contributed by atoms with Crippen molar-refractivity contribution in [2.75, 3.05) is 0 Å². The minimum Gasteiger partial charge on any atom is -0.348 e. The summed E-state index contributed by atoms with van der Waals surface area (Å²) in [4.78, 5) is 56.3. The van der Waals surface area contributed by atoms with Crippen LogP contribution in [0.3, 0.4) is 0 Å². The van der Waals surface area contributed by atoms with Crippen molar-refractivity contribution in [2.45, 2.75) is 79.7 Å². The summed E-state index contributed by atoms with van der Waals surface area (Å²) in [5.74, 6) is -0.661. The number of rotatable bonds is 11. The molecule has 1 rings (SSSR count). The normalized spacial score (nSPS) is 12.5. The van der Waals surface area contributed by atoms with Crippen molar-refractivity contribution in [2.24, 2.45) is 10.8 Å². The lowest BCUT2D eigenvalue weighted by atomic mass is 9.72. The molecule has 0 aromatic carbocycles. The summed E-state index contributed by atoms with van der Waals surface area (Å²) in [6.07, 6.45) is 4.01. The Labute approximate surface area is 167 Å². The van der Waals surface area contributed by atoms with E-state index in [1.54, 1.807) is 54.1 Å². The summed E-state index contributed by atoms with van der Waals surface area (Å²) in [6.45, 7) is 11.6. The Morgan fingerprint density at radius 1 is 0.964 bits per heavy atom. The SMILES string of the molecule is CC(=O)C(C)(C)CC(=O)C(C)(C)CC(=O)C(C)(C)NC(=O)CCc1cnc[nH]1. The highest BCUT2D eigenvalue weighted by molar-refractivity contribution is 5.98. The fraction of sp³-hybridized carbons (Fsp3) is 0.667. The Hall–Kier alpha value is -2.31. The highest BCUT2D eigenvalue weighted by Gasteiger charge is 2.39. The van der Waals surface area contributed by atoms with Gasteiger partial charge in [-0.25, -0.2) is 4.98 Å². The van der Waals surface area contributed by atoms with Gasteiger partial charge in [-0.15, -0.1) is 0 Å². The average Bonchev–Trinajstić information content (AvgIpc) is 3.04. The van der Waals surface area contributed by atoms with E-state index in [9.17, 15) is 19.2 Å². The zero-order valence-corrected chi connectivity index (χ0v) is 18.1. The van der Waals surface area contributed by atoms with E-state index in [4.69, 9.17) is 0 Å². The van der Waals surface area contributed by atoms with Crippen molar-refractivity contribution in [3.8, 4) is 0 Å². The molecule has 0 aliphatic heterocycles. The van der Waals surface area contributed by atoms with E-state index in [1.807, 2.05) is 0 Å². The van der Waals surface area contributed by atoms with Crippen LogP contribution in [0.15, 0.2) is 12.5 Å². The lowest BCUT2D eigenvalue weighted by molar-refractivity contribution is -0.139. The van der Waals surface area contributed by atoms with Gasteiger partial charge >= 0.3 is 0 Å². The Morgan fingerprint density at radius 3 is 2.04 bits per heavy atom. The Bertz CT molecular complexity index is 731. The molecule has 1 aromatic heterocycles. The number of aryl methyl sites for hydroxylation is 1. The molecule has 0 aliphatic rings. The molecule has 0 fully saturated rings. The van der Waals surface area contributed by atoms with Crippen molar-refractivity contribution < 1.29 is 19.2 Å². The maximum absolute atomic E-state index is 12.8. The second-order valence-corrected chi connectivity index (χ2v) is 9.27. The van der Waals surface area contributed by atoms with Crippen molar-refractivity contribution in [3.05, 3.63) is 18.2 Å². The van der Waals surface area contributed by atoms with Gasteiger partial charge in [0.2, 0.25) is 5.91 Å². The maximum atomic E-state index is 12.8. The second-order valence-electron chi connectivity index (χ2n) is 9.27. The zero-order valence-electron chi connectivity index (χ0n) is 18.1. The van der Waals surface area contributed by atoms with Gasteiger partial charge in [0.15, 0.2) is 5.78 Å². The summed E-state index contributed by atoms with van der Waals surface area (Å²) in [5, 5.41) is 2.76. The summed E-state index contributed by atoms with van der Waals surface area (Å²) in [5.41, 5.74) is -1.91. The van der Waals surface area contributed by atoms with E-state index >= 15 is 0 Å². The molecule has 1 aromatic rings. The van der Waals surface area contributed by atoms with Gasteiger partial charge in [0.05, 0.1) is 11.9 Å². The van der Waals surface area contributed by atoms with E-state index in [1.165, 1.54) is 6.92 Å². The number of nitrogens with zero attached hydrogens (tertiary/aromatic N) is 1. The van der Waals surface area contributed by atoms with Crippen molar-refractivity contribution in [1.82, 2.24) is 15.3 Å². The molecule has 1 amide bonds. The monoisotopic (exact) mass is 391 g/mol. The van der Waals surface area contributed by atoms with Crippen LogP contribution >= 0.6 is 0 Å². The molecule has 2 N–H and O–H groups in total. The van der Waals surface area contributed by atoms with Gasteiger partial charge in [-0.3, -0.25) is 19.2 Å². The number of Topliss-reactive ketones (excluding diaryl/α,β-unsaturated/α-hetero) is 3. The van der Waals surface area contributed by atoms with Crippen LogP contribution in [0, 0.1) is 10.8 Å². The molecule has 0 spiro atoms. The van der Waals surface area contributed by atoms with E-state index in [0.717, 1.165) is 5.69 Å². The molecule has 7 nitrogen and oxygen atoms in total. The number of aromatic nitrogens is 2. The van der Waals surface area contributed by atoms with Gasteiger partial charge in [0.25, 0.3) is 0 Å². The zero-order chi connectivity index (χ0) is 21.8. The molecule has 156 valence electrons. The fourth-order valence-electron chi connectivity index (χ4n) is 2.64. The van der Waals surface area contributed by atoms with Crippen LogP contribution in [0.1, 0.15) is 73.4 Å². The summed E-state index contributed by atoms with van der Waals surface area (Å²) < 4.78 is 0. The number of hydrogen-bond acceptors (Lipinski definition) is 5. The van der Waals surface area contributed by atoms with Gasteiger partial charge < -0.3 is 10.3 Å². The summed E-state index contributed by atoms with van der Waals surface area (Å²) >= 11 is 0. The van der Waals surface area contributed by atoms with Gasteiger partial charge in [0, 0.05) is 42.0 Å². The number of nitrogens with one attached hydrogen (secondary N) is 2. The van der Waals surface area contributed by atoms with Crippen molar-refractivity contribution in [3.63, 3.8) is 0 Å². The lowest BCUT2D eigenvalue weighted by Crippen LogP contribution is -2.51. The smallest absolute Gasteiger partial charge is 0.221 e. The topological polar surface area (TPSA) is 109 Å². The molecule has 28 heavy (non-hydrogen) atoms. The first kappa shape index (κ1) is 23.7. The van der Waals surface area contributed by atoms with Gasteiger partial charge in [-0.1, -0.05) is 27.7 Å². The Morgan fingerprint density at radius 2 is 1.54 bits per heavy atom. The molecule has 0 unspecified atom stereocenters. The fourth-order valence-corrected chi connectivity index (χ4v) is 2.64. The van der Waals surface area contributed by atoms with E-state index in [0.29, 0.717) is 6.42 Å². The number of ketones is 3. The molecule has 0 bridgehead atoms. The van der Waals surface area contributed by atoms with Crippen molar-refractivity contribution in [1.29, 1.82) is 0 Å². The first-order valence-corrected chi connectivity index (χ1v) is 9.53. The number of carbonyl (C=O) groups is 4. The predicted octanol–water partition coefficient (Wildman–Crippen LogP) is 2.80. The lowest BCUT2D eigenvalue weighted by Gasteiger charge is -2.32. The van der Waals surface area contributed by atoms with Gasteiger partial charge in [0.1, 0.15) is 11.6 Å². The molecule has 0 aliphatic carbocycles. The first-order chi connectivity index (χ1) is 12.7. The Balaban J connectivity index is 2.67. The summed E-state index contributed by atoms with van der Waals surface area (Å²) in [6, 6.07) is 0. The quantitative estimate of drug-likeness (QED) is 0.603. The van der Waals surface area contributed by atoms with Crippen molar-refractivity contribution >= 4 is 23.3 Å². The van der Waals surface area contributed by atoms with Gasteiger partial charge in [-0.05, 0) is 27.2 Å². The number of imidazole rings is 1. The van der Waals surface area contributed by atoms with Crippen LogP contribution in [0.5, 0.6) is 0 Å². The highest BCUT2D eigenvalue weighted by Crippen LogP contribution is 2.32. The Kier molecular flexibility index (Phi) is 7.45. The standard InChI is InChI=1S/C21H33N3O4/c1-14(25)19(2,3)10-16(26)20(4,5)11-17(27)21(6,7)24-18(28)9-8-15-12-22-13-23-15/h12-13H,8-11H2,1-7H3,(H,22,23)(H,24,28).